The van der Waals surface area contributed by atoms with E-state index >= 15 is 0 Å². The van der Waals surface area contributed by atoms with Crippen LogP contribution < -0.4 is 5.32 Å². The molecule has 1 saturated carbocycles. The Labute approximate surface area is 131 Å². The minimum absolute atomic E-state index is 0.0403. The van der Waals surface area contributed by atoms with Gasteiger partial charge in [-0.1, -0.05) is 37.8 Å². The summed E-state index contributed by atoms with van der Waals surface area (Å²) in [6.07, 6.45) is 7.78. The lowest BCUT2D eigenvalue weighted by atomic mass is 9.90. The van der Waals surface area contributed by atoms with Crippen LogP contribution in [0.4, 0.5) is 10.5 Å². The molecule has 0 bridgehead atoms. The second-order valence-corrected chi connectivity index (χ2v) is 6.83. The highest BCUT2D eigenvalue weighted by Gasteiger charge is 2.25. The number of amides is 2. The summed E-state index contributed by atoms with van der Waals surface area (Å²) in [5.41, 5.74) is 3.28. The molecule has 3 nitrogen and oxygen atoms in total. The van der Waals surface area contributed by atoms with E-state index < -0.39 is 0 Å². The summed E-state index contributed by atoms with van der Waals surface area (Å²) in [5, 5.41) is 3.00. The molecule has 1 aromatic carbocycles. The Morgan fingerprint density at radius 3 is 2.67 bits per heavy atom. The quantitative estimate of drug-likeness (QED) is 0.611. The lowest BCUT2D eigenvalue weighted by molar-refractivity contribution is 0.218. The van der Waals surface area contributed by atoms with Gasteiger partial charge >= 0.3 is 6.03 Å². The second-order valence-electron chi connectivity index (χ2n) is 6.36. The maximum atomic E-state index is 11.6. The first kappa shape index (κ1) is 14.7. The number of alkyl halides is 1. The number of hydrogen-bond donors (Lipinski definition) is 1. The first-order valence-corrected chi connectivity index (χ1v) is 8.38. The summed E-state index contributed by atoms with van der Waals surface area (Å²) in [6.45, 7) is 0.656. The van der Waals surface area contributed by atoms with Gasteiger partial charge in [-0.25, -0.2) is 4.79 Å². The summed E-state index contributed by atoms with van der Waals surface area (Å²) in [4.78, 5) is 13.3. The third-order valence-electron chi connectivity index (χ3n) is 4.76. The molecule has 0 aromatic heterocycles. The number of fused-ring (bicyclic) bond motifs is 1. The summed E-state index contributed by atoms with van der Waals surface area (Å²) in [7, 11) is 1.81. The largest absolute Gasteiger partial charge is 0.323 e. The number of benzene rings is 1. The first-order valence-electron chi connectivity index (χ1n) is 7.94. The van der Waals surface area contributed by atoms with E-state index in [0.29, 0.717) is 12.5 Å². The average Bonchev–Trinajstić information content (AvgIpc) is 2.76. The summed E-state index contributed by atoms with van der Waals surface area (Å²) in [5.74, 6) is 0.586. The summed E-state index contributed by atoms with van der Waals surface area (Å²) < 4.78 is 0. The van der Waals surface area contributed by atoms with E-state index in [2.05, 4.69) is 17.4 Å². The van der Waals surface area contributed by atoms with Crippen molar-refractivity contribution in [2.75, 3.05) is 12.4 Å². The molecule has 3 rings (SSSR count). The number of rotatable bonds is 2. The second kappa shape index (κ2) is 6.27. The smallest absolute Gasteiger partial charge is 0.321 e. The Kier molecular flexibility index (Phi) is 4.39. The number of hydrogen-bond acceptors (Lipinski definition) is 1. The molecule has 1 N–H and O–H groups in total. The molecule has 1 unspecified atom stereocenters. The molecule has 1 aromatic rings. The van der Waals surface area contributed by atoms with Gasteiger partial charge in [0.1, 0.15) is 0 Å². The lowest BCUT2D eigenvalue weighted by Gasteiger charge is -2.28. The van der Waals surface area contributed by atoms with Crippen LogP contribution in [0.1, 0.15) is 55.0 Å². The Bertz CT molecular complexity index is 524. The van der Waals surface area contributed by atoms with Gasteiger partial charge in [0.15, 0.2) is 0 Å². The van der Waals surface area contributed by atoms with Crippen LogP contribution in [0.3, 0.4) is 0 Å². The predicted octanol–water partition coefficient (Wildman–Crippen LogP) is 4.91. The molecule has 1 heterocycles. The van der Waals surface area contributed by atoms with Crippen molar-refractivity contribution in [1.29, 1.82) is 0 Å². The number of anilines is 1. The van der Waals surface area contributed by atoms with Gasteiger partial charge in [0.05, 0.1) is 5.38 Å². The van der Waals surface area contributed by atoms with Crippen molar-refractivity contribution < 1.29 is 4.79 Å². The van der Waals surface area contributed by atoms with Crippen molar-refractivity contribution in [2.24, 2.45) is 5.92 Å². The van der Waals surface area contributed by atoms with Crippen molar-refractivity contribution in [3.05, 3.63) is 29.3 Å². The number of urea groups is 1. The molecule has 1 fully saturated rings. The van der Waals surface area contributed by atoms with Crippen LogP contribution in [0.5, 0.6) is 0 Å². The van der Waals surface area contributed by atoms with E-state index in [1.54, 1.807) is 4.90 Å². The standard InChI is InChI=1S/C17H23ClN2O/c1-20-11-14-10-13(8-9-15(14)19-17(20)21)16(18)12-6-4-2-3-5-7-12/h8-10,12,16H,2-7,11H2,1H3,(H,19,21). The van der Waals surface area contributed by atoms with E-state index in [1.807, 2.05) is 13.1 Å². The van der Waals surface area contributed by atoms with Gasteiger partial charge < -0.3 is 10.2 Å². The number of nitrogens with zero attached hydrogens (tertiary/aromatic N) is 1. The highest BCUT2D eigenvalue weighted by atomic mass is 35.5. The Hall–Kier alpha value is -1.22. The zero-order valence-corrected chi connectivity index (χ0v) is 13.3. The third-order valence-corrected chi connectivity index (χ3v) is 5.37. The Balaban J connectivity index is 1.79. The van der Waals surface area contributed by atoms with Gasteiger partial charge in [0, 0.05) is 19.3 Å². The Morgan fingerprint density at radius 1 is 1.24 bits per heavy atom. The molecule has 1 aliphatic carbocycles. The van der Waals surface area contributed by atoms with Gasteiger partial charge in [-0.15, -0.1) is 11.6 Å². The normalized spacial score (nSPS) is 21.4. The molecule has 2 amide bonds. The molecular weight excluding hydrogens is 284 g/mol. The molecule has 0 saturated heterocycles. The number of nitrogens with one attached hydrogen (secondary N) is 1. The van der Waals surface area contributed by atoms with E-state index in [4.69, 9.17) is 11.6 Å². The van der Waals surface area contributed by atoms with Crippen LogP contribution in [0, 0.1) is 5.92 Å². The van der Waals surface area contributed by atoms with Crippen LogP contribution in [0.2, 0.25) is 0 Å². The monoisotopic (exact) mass is 306 g/mol. The Morgan fingerprint density at radius 2 is 1.95 bits per heavy atom. The SMILES string of the molecule is CN1Cc2cc(C(Cl)C3CCCCCC3)ccc2NC1=O. The summed E-state index contributed by atoms with van der Waals surface area (Å²) >= 11 is 6.76. The van der Waals surface area contributed by atoms with Crippen LogP contribution in [0.25, 0.3) is 0 Å². The van der Waals surface area contributed by atoms with Crippen molar-refractivity contribution in [3.63, 3.8) is 0 Å². The van der Waals surface area contributed by atoms with Crippen molar-refractivity contribution >= 4 is 23.3 Å². The molecule has 0 spiro atoms. The van der Waals surface area contributed by atoms with Crippen LogP contribution in [-0.4, -0.2) is 18.0 Å². The van der Waals surface area contributed by atoms with Crippen molar-refractivity contribution in [1.82, 2.24) is 4.90 Å². The van der Waals surface area contributed by atoms with Crippen LogP contribution >= 0.6 is 11.6 Å². The molecule has 4 heteroatoms. The maximum absolute atomic E-state index is 11.6. The molecule has 1 atom stereocenters. The van der Waals surface area contributed by atoms with Gasteiger partial charge in [-0.3, -0.25) is 0 Å². The highest BCUT2D eigenvalue weighted by Crippen LogP contribution is 2.39. The molecule has 2 aliphatic rings. The maximum Gasteiger partial charge on any atom is 0.321 e. The topological polar surface area (TPSA) is 32.3 Å². The minimum Gasteiger partial charge on any atom is -0.323 e. The van der Waals surface area contributed by atoms with Crippen molar-refractivity contribution in [2.45, 2.75) is 50.4 Å². The number of halogens is 1. The van der Waals surface area contributed by atoms with Gasteiger partial charge in [0.25, 0.3) is 0 Å². The highest BCUT2D eigenvalue weighted by molar-refractivity contribution is 6.21. The van der Waals surface area contributed by atoms with E-state index in [1.165, 1.54) is 44.1 Å². The van der Waals surface area contributed by atoms with E-state index in [-0.39, 0.29) is 11.4 Å². The molecule has 1 aliphatic heterocycles. The summed E-state index contributed by atoms with van der Waals surface area (Å²) in [6, 6.07) is 6.21. The van der Waals surface area contributed by atoms with E-state index in [0.717, 1.165) is 11.3 Å². The number of carbonyl (C=O) groups is 1. The molecule has 21 heavy (non-hydrogen) atoms. The van der Waals surface area contributed by atoms with Crippen LogP contribution in [0.15, 0.2) is 18.2 Å². The number of carbonyl (C=O) groups excluding carboxylic acids is 1. The first-order chi connectivity index (χ1) is 10.1. The van der Waals surface area contributed by atoms with Crippen molar-refractivity contribution in [3.8, 4) is 0 Å². The molecule has 114 valence electrons. The predicted molar refractivity (Wildman–Crippen MR) is 86.7 cm³/mol. The fraction of sp³-hybridized carbons (Fsp3) is 0.588. The third kappa shape index (κ3) is 3.18. The zero-order chi connectivity index (χ0) is 14.8. The van der Waals surface area contributed by atoms with Gasteiger partial charge in [-0.05, 0) is 36.0 Å². The average molecular weight is 307 g/mol. The fourth-order valence-electron chi connectivity index (χ4n) is 3.45. The fourth-order valence-corrected chi connectivity index (χ4v) is 3.84. The van der Waals surface area contributed by atoms with Gasteiger partial charge in [-0.2, -0.15) is 0 Å². The van der Waals surface area contributed by atoms with E-state index in [9.17, 15) is 4.79 Å². The molecular formula is C17H23ClN2O. The van der Waals surface area contributed by atoms with Gasteiger partial charge in [0.2, 0.25) is 0 Å². The minimum atomic E-state index is -0.0403. The lowest BCUT2D eigenvalue weighted by Crippen LogP contribution is -2.35. The zero-order valence-electron chi connectivity index (χ0n) is 12.6. The molecule has 0 radical (unpaired) electrons. The van der Waals surface area contributed by atoms with Crippen LogP contribution in [-0.2, 0) is 6.54 Å².